The van der Waals surface area contributed by atoms with Crippen LogP contribution in [0.15, 0.2) is 73.1 Å². The van der Waals surface area contributed by atoms with Gasteiger partial charge in [0.25, 0.3) is 5.91 Å². The van der Waals surface area contributed by atoms with Crippen molar-refractivity contribution in [1.29, 1.82) is 0 Å². The molecule has 0 saturated heterocycles. The highest BCUT2D eigenvalue weighted by Crippen LogP contribution is 2.33. The largest absolute Gasteiger partial charge is 0.416 e. The Morgan fingerprint density at radius 1 is 1.11 bits per heavy atom. The first-order chi connectivity index (χ1) is 18.1. The smallest absolute Gasteiger partial charge is 0.391 e. The van der Waals surface area contributed by atoms with Crippen molar-refractivity contribution in [2.45, 2.75) is 32.7 Å². The summed E-state index contributed by atoms with van der Waals surface area (Å²) in [6.07, 6.45) is -1.50. The number of aromatic nitrogens is 4. The normalized spacial score (nSPS) is 12.6. The highest BCUT2D eigenvalue weighted by Gasteiger charge is 2.30. The van der Waals surface area contributed by atoms with E-state index >= 15 is 0 Å². The number of carbonyl (C=O) groups excluding carboxylic acids is 1. The number of aryl methyl sites for hydroxylation is 1. The lowest BCUT2D eigenvalue weighted by Crippen LogP contribution is -2.13. The number of alkyl halides is 3. The van der Waals surface area contributed by atoms with Gasteiger partial charge in [-0.1, -0.05) is 18.2 Å². The first kappa shape index (κ1) is 25.2. The van der Waals surface area contributed by atoms with Gasteiger partial charge in [0.2, 0.25) is 0 Å². The van der Waals surface area contributed by atoms with Crippen LogP contribution in [-0.4, -0.2) is 37.1 Å². The molecule has 0 aliphatic rings. The lowest BCUT2D eigenvalue weighted by Gasteiger charge is -2.12. The molecule has 0 aliphatic heterocycles. The Morgan fingerprint density at radius 2 is 1.92 bits per heavy atom. The molecular formula is C28H24F3N5O2. The molecule has 194 valence electrons. The van der Waals surface area contributed by atoms with E-state index in [-0.39, 0.29) is 5.69 Å². The Bertz CT molecular complexity index is 1640. The van der Waals surface area contributed by atoms with Gasteiger partial charge in [0.15, 0.2) is 0 Å². The van der Waals surface area contributed by atoms with Gasteiger partial charge in [-0.3, -0.25) is 14.6 Å². The number of halogens is 3. The zero-order valence-electron chi connectivity index (χ0n) is 20.5. The second-order valence-corrected chi connectivity index (χ2v) is 9.20. The number of amides is 1. The van der Waals surface area contributed by atoms with Crippen LogP contribution in [0.2, 0.25) is 0 Å². The first-order valence-electron chi connectivity index (χ1n) is 11.9. The number of aliphatic hydroxyl groups is 1. The van der Waals surface area contributed by atoms with E-state index < -0.39 is 23.8 Å². The van der Waals surface area contributed by atoms with Gasteiger partial charge in [-0.25, -0.2) is 0 Å². The molecule has 1 amide bonds. The van der Waals surface area contributed by atoms with Crippen LogP contribution in [0.5, 0.6) is 0 Å². The van der Waals surface area contributed by atoms with Crippen LogP contribution >= 0.6 is 0 Å². The Kier molecular flexibility index (Phi) is 6.50. The first-order valence-corrected chi connectivity index (χ1v) is 11.9. The Balaban J connectivity index is 1.42. The summed E-state index contributed by atoms with van der Waals surface area (Å²) in [4.78, 5) is 12.9. The van der Waals surface area contributed by atoms with Gasteiger partial charge in [0.05, 0.1) is 29.9 Å². The summed E-state index contributed by atoms with van der Waals surface area (Å²) >= 11 is 0. The number of hydrogen-bond acceptors (Lipinski definition) is 4. The van der Waals surface area contributed by atoms with Gasteiger partial charge in [-0.05, 0) is 73.0 Å². The van der Waals surface area contributed by atoms with Crippen molar-refractivity contribution in [2.24, 2.45) is 0 Å². The zero-order valence-corrected chi connectivity index (χ0v) is 20.5. The number of aromatic amines is 1. The van der Waals surface area contributed by atoms with E-state index in [1.54, 1.807) is 36.0 Å². The molecule has 3 aromatic carbocycles. The summed E-state index contributed by atoms with van der Waals surface area (Å²) < 4.78 is 40.8. The van der Waals surface area contributed by atoms with Crippen molar-refractivity contribution in [3.63, 3.8) is 0 Å². The van der Waals surface area contributed by atoms with E-state index in [1.807, 2.05) is 31.3 Å². The number of nitrogens with zero attached hydrogens (tertiary/aromatic N) is 3. The highest BCUT2D eigenvalue weighted by molar-refractivity contribution is 6.05. The summed E-state index contributed by atoms with van der Waals surface area (Å²) in [7, 11) is 0. The zero-order chi connectivity index (χ0) is 27.0. The van der Waals surface area contributed by atoms with E-state index in [2.05, 4.69) is 20.6 Å². The predicted octanol–water partition coefficient (Wildman–Crippen LogP) is 6.05. The number of aliphatic hydroxyl groups excluding tert-OH is 1. The second-order valence-electron chi connectivity index (χ2n) is 9.20. The fourth-order valence-corrected chi connectivity index (χ4v) is 4.31. The fourth-order valence-electron chi connectivity index (χ4n) is 4.31. The molecule has 0 fully saturated rings. The molecule has 7 nitrogen and oxygen atoms in total. The highest BCUT2D eigenvalue weighted by atomic mass is 19.4. The standard InChI is InChI=1S/C28H24F3N5O2/c1-16-6-7-19(27(38)33-22-5-3-4-21(12-22)28(29,30)31)10-24(16)18-8-9-23-25(11-18)34-35-26(23)20-13-32-36(15-20)14-17(2)37/h3-13,15,17,37H,14H2,1-2H3,(H,33,38)(H,34,35). The molecule has 0 aliphatic carbocycles. The van der Waals surface area contributed by atoms with Crippen LogP contribution in [0.1, 0.15) is 28.4 Å². The number of benzene rings is 3. The Morgan fingerprint density at radius 3 is 2.68 bits per heavy atom. The number of hydrogen-bond donors (Lipinski definition) is 3. The second kappa shape index (κ2) is 9.79. The summed E-state index contributed by atoms with van der Waals surface area (Å²) in [6.45, 7) is 3.99. The van der Waals surface area contributed by atoms with Crippen molar-refractivity contribution in [2.75, 3.05) is 5.32 Å². The Hall–Kier alpha value is -4.44. The van der Waals surface area contributed by atoms with Crippen molar-refractivity contribution >= 4 is 22.5 Å². The molecule has 2 heterocycles. The van der Waals surface area contributed by atoms with Gasteiger partial charge in [-0.15, -0.1) is 0 Å². The molecule has 5 aromatic rings. The van der Waals surface area contributed by atoms with Crippen LogP contribution in [0.3, 0.4) is 0 Å². The summed E-state index contributed by atoms with van der Waals surface area (Å²) in [5.41, 5.74) is 4.48. The molecule has 0 spiro atoms. The Labute approximate surface area is 215 Å². The maximum atomic E-state index is 13.0. The van der Waals surface area contributed by atoms with Crippen LogP contribution in [-0.2, 0) is 12.7 Å². The van der Waals surface area contributed by atoms with Crippen LogP contribution in [0, 0.1) is 6.92 Å². The maximum Gasteiger partial charge on any atom is 0.416 e. The quantitative estimate of drug-likeness (QED) is 0.254. The van der Waals surface area contributed by atoms with E-state index in [1.165, 1.54) is 12.1 Å². The van der Waals surface area contributed by atoms with Crippen molar-refractivity contribution in [1.82, 2.24) is 20.0 Å². The minimum atomic E-state index is -4.50. The van der Waals surface area contributed by atoms with E-state index in [4.69, 9.17) is 0 Å². The van der Waals surface area contributed by atoms with Crippen LogP contribution in [0.25, 0.3) is 33.3 Å². The number of carbonyl (C=O) groups is 1. The molecule has 10 heteroatoms. The average molecular weight is 520 g/mol. The minimum Gasteiger partial charge on any atom is -0.391 e. The lowest BCUT2D eigenvalue weighted by molar-refractivity contribution is -0.137. The molecule has 38 heavy (non-hydrogen) atoms. The third-order valence-electron chi connectivity index (χ3n) is 6.18. The van der Waals surface area contributed by atoms with Crippen molar-refractivity contribution < 1.29 is 23.1 Å². The molecular weight excluding hydrogens is 495 g/mol. The number of H-pyrrole nitrogens is 1. The predicted molar refractivity (Wildman–Crippen MR) is 139 cm³/mol. The molecule has 3 N–H and O–H groups in total. The van der Waals surface area contributed by atoms with Crippen molar-refractivity contribution in [3.05, 3.63) is 89.7 Å². The lowest BCUT2D eigenvalue weighted by atomic mass is 9.96. The number of fused-ring (bicyclic) bond motifs is 1. The molecule has 0 bridgehead atoms. The maximum absolute atomic E-state index is 13.0. The van der Waals surface area contributed by atoms with E-state index in [0.29, 0.717) is 12.1 Å². The van der Waals surface area contributed by atoms with Gasteiger partial charge in [0.1, 0.15) is 5.69 Å². The molecule has 1 atom stereocenters. The minimum absolute atomic E-state index is 0.0649. The van der Waals surface area contributed by atoms with E-state index in [9.17, 15) is 23.1 Å². The third-order valence-corrected chi connectivity index (χ3v) is 6.18. The number of nitrogens with one attached hydrogen (secondary N) is 2. The fraction of sp³-hybridized carbons (Fsp3) is 0.179. The molecule has 1 unspecified atom stereocenters. The van der Waals surface area contributed by atoms with Gasteiger partial charge in [0, 0.05) is 28.4 Å². The molecule has 0 saturated carbocycles. The third kappa shape index (κ3) is 5.16. The molecule has 0 radical (unpaired) electrons. The van der Waals surface area contributed by atoms with E-state index in [0.717, 1.165) is 51.0 Å². The van der Waals surface area contributed by atoms with Crippen LogP contribution in [0.4, 0.5) is 18.9 Å². The van der Waals surface area contributed by atoms with Gasteiger partial charge < -0.3 is 10.4 Å². The topological polar surface area (TPSA) is 95.8 Å². The SMILES string of the molecule is Cc1ccc(C(=O)Nc2cccc(C(F)(F)F)c2)cc1-c1ccc2c(-c3cnn(CC(C)O)c3)n[nH]c2c1. The van der Waals surface area contributed by atoms with Crippen molar-refractivity contribution in [3.8, 4) is 22.4 Å². The van der Waals surface area contributed by atoms with Gasteiger partial charge in [-0.2, -0.15) is 23.4 Å². The van der Waals surface area contributed by atoms with Gasteiger partial charge >= 0.3 is 6.18 Å². The number of rotatable bonds is 6. The average Bonchev–Trinajstić information content (AvgIpc) is 3.49. The summed E-state index contributed by atoms with van der Waals surface area (Å²) in [6, 6.07) is 15.5. The molecule has 2 aromatic heterocycles. The summed E-state index contributed by atoms with van der Waals surface area (Å²) in [5, 5.41) is 24.8. The molecule has 5 rings (SSSR count). The number of anilines is 1. The monoisotopic (exact) mass is 519 g/mol. The van der Waals surface area contributed by atoms with Crippen LogP contribution < -0.4 is 5.32 Å². The summed E-state index contributed by atoms with van der Waals surface area (Å²) in [5.74, 6) is -0.510.